The van der Waals surface area contributed by atoms with Crippen molar-refractivity contribution >= 4 is 17.7 Å². The van der Waals surface area contributed by atoms with Gasteiger partial charge in [-0.15, -0.1) is 0 Å². The summed E-state index contributed by atoms with van der Waals surface area (Å²) >= 11 is 1.80. The summed E-state index contributed by atoms with van der Waals surface area (Å²) < 4.78 is 0. The van der Waals surface area contributed by atoms with Gasteiger partial charge >= 0.3 is 0 Å². The van der Waals surface area contributed by atoms with Crippen molar-refractivity contribution in [3.05, 3.63) is 0 Å². The number of fused-ring (bicyclic) bond motifs is 2. The molecular weight excluding hydrogens is 182 g/mol. The maximum Gasteiger partial charge on any atom is 0.230 e. The summed E-state index contributed by atoms with van der Waals surface area (Å²) in [5.74, 6) is 2.98. The molecule has 2 unspecified atom stereocenters. The van der Waals surface area contributed by atoms with Crippen molar-refractivity contribution in [1.29, 1.82) is 0 Å². The zero-order valence-corrected chi connectivity index (χ0v) is 8.74. The third-order valence-corrected chi connectivity index (χ3v) is 4.16. The van der Waals surface area contributed by atoms with E-state index in [1.54, 1.807) is 11.8 Å². The molecule has 0 radical (unpaired) electrons. The first-order valence-corrected chi connectivity index (χ1v) is 6.37. The predicted octanol–water partition coefficient (Wildman–Crippen LogP) is 1.80. The van der Waals surface area contributed by atoms with E-state index in [-0.39, 0.29) is 5.91 Å². The zero-order valence-electron chi connectivity index (χ0n) is 7.92. The van der Waals surface area contributed by atoms with Crippen LogP contribution in [0.2, 0.25) is 0 Å². The number of rotatable bonds is 0. The lowest BCUT2D eigenvalue weighted by molar-refractivity contribution is -0.119. The molecule has 2 aliphatic rings. The summed E-state index contributed by atoms with van der Waals surface area (Å²) in [5.41, 5.74) is 0. The Morgan fingerprint density at radius 3 is 3.08 bits per heavy atom. The van der Waals surface area contributed by atoms with Crippen LogP contribution >= 0.6 is 11.8 Å². The Morgan fingerprint density at radius 2 is 2.15 bits per heavy atom. The van der Waals surface area contributed by atoms with Gasteiger partial charge in [-0.05, 0) is 30.9 Å². The fraction of sp³-hybridized carbons (Fsp3) is 0.900. The molecule has 0 aromatic carbocycles. The van der Waals surface area contributed by atoms with Crippen LogP contribution in [0.25, 0.3) is 0 Å². The standard InChI is InChI=1S/C10H17NOS/c12-10-7-13-6-8-3-1-2-4-9(5-8)11-10/h8-9H,1-7H2,(H,11,12). The van der Waals surface area contributed by atoms with Crippen molar-refractivity contribution in [2.75, 3.05) is 11.5 Å². The first kappa shape index (κ1) is 9.38. The predicted molar refractivity (Wildman–Crippen MR) is 55.8 cm³/mol. The molecule has 0 aromatic rings. The normalized spacial score (nSPS) is 35.5. The van der Waals surface area contributed by atoms with Crippen molar-refractivity contribution in [2.45, 2.75) is 38.1 Å². The van der Waals surface area contributed by atoms with Crippen molar-refractivity contribution in [1.82, 2.24) is 5.32 Å². The first-order chi connectivity index (χ1) is 6.34. The number of hydrogen-bond acceptors (Lipinski definition) is 2. The highest BCUT2D eigenvalue weighted by Crippen LogP contribution is 2.27. The summed E-state index contributed by atoms with van der Waals surface area (Å²) in [6, 6.07) is 0.487. The van der Waals surface area contributed by atoms with Crippen LogP contribution in [0.15, 0.2) is 0 Å². The lowest BCUT2D eigenvalue weighted by Gasteiger charge is -2.23. The minimum atomic E-state index is 0.246. The first-order valence-electron chi connectivity index (χ1n) is 5.21. The van der Waals surface area contributed by atoms with Gasteiger partial charge in [-0.25, -0.2) is 0 Å². The summed E-state index contributed by atoms with van der Waals surface area (Å²) in [6.07, 6.45) is 6.45. The second-order valence-corrected chi connectivity index (χ2v) is 5.20. The molecule has 2 rings (SSSR count). The molecule has 1 aliphatic heterocycles. The van der Waals surface area contributed by atoms with E-state index in [4.69, 9.17) is 0 Å². The van der Waals surface area contributed by atoms with Gasteiger partial charge in [0.1, 0.15) is 0 Å². The largest absolute Gasteiger partial charge is 0.353 e. The molecule has 2 atom stereocenters. The van der Waals surface area contributed by atoms with Gasteiger partial charge in [0.25, 0.3) is 0 Å². The van der Waals surface area contributed by atoms with E-state index in [1.165, 1.54) is 37.9 Å². The average molecular weight is 199 g/mol. The smallest absolute Gasteiger partial charge is 0.230 e. The van der Waals surface area contributed by atoms with Crippen molar-refractivity contribution < 1.29 is 4.79 Å². The zero-order chi connectivity index (χ0) is 9.10. The third kappa shape index (κ3) is 2.63. The molecule has 1 N–H and O–H groups in total. The number of nitrogens with one attached hydrogen (secondary N) is 1. The van der Waals surface area contributed by atoms with E-state index in [0.29, 0.717) is 11.8 Å². The molecule has 0 aromatic heterocycles. The Labute approximate surface area is 83.8 Å². The lowest BCUT2D eigenvalue weighted by Crippen LogP contribution is -2.38. The highest BCUT2D eigenvalue weighted by molar-refractivity contribution is 7.99. The minimum absolute atomic E-state index is 0.246. The van der Waals surface area contributed by atoms with Crippen LogP contribution in [0.5, 0.6) is 0 Å². The summed E-state index contributed by atoms with van der Waals surface area (Å²) in [7, 11) is 0. The van der Waals surface area contributed by atoms with Gasteiger partial charge in [0, 0.05) is 6.04 Å². The van der Waals surface area contributed by atoms with E-state index < -0.39 is 0 Å². The Kier molecular flexibility index (Phi) is 3.14. The van der Waals surface area contributed by atoms with Crippen LogP contribution in [0, 0.1) is 5.92 Å². The second-order valence-electron chi connectivity index (χ2n) is 4.17. The molecule has 1 amide bonds. The molecule has 2 bridgehead atoms. The number of thioether (sulfide) groups is 1. The lowest BCUT2D eigenvalue weighted by atomic mass is 10.00. The van der Waals surface area contributed by atoms with Crippen LogP contribution in [0.1, 0.15) is 32.1 Å². The molecule has 3 heteroatoms. The monoisotopic (exact) mass is 199 g/mol. The van der Waals surface area contributed by atoms with Crippen molar-refractivity contribution in [2.24, 2.45) is 5.92 Å². The van der Waals surface area contributed by atoms with Gasteiger partial charge < -0.3 is 5.32 Å². The molecule has 1 saturated carbocycles. The van der Waals surface area contributed by atoms with Gasteiger partial charge in [-0.1, -0.05) is 12.8 Å². The Hall–Kier alpha value is -0.180. The molecule has 2 fully saturated rings. The maximum atomic E-state index is 11.3. The van der Waals surface area contributed by atoms with Crippen LogP contribution < -0.4 is 5.32 Å². The Bertz CT molecular complexity index is 195. The molecule has 1 heterocycles. The van der Waals surface area contributed by atoms with Crippen molar-refractivity contribution in [3.63, 3.8) is 0 Å². The third-order valence-electron chi connectivity index (χ3n) is 2.98. The van der Waals surface area contributed by atoms with Crippen LogP contribution in [-0.2, 0) is 4.79 Å². The average Bonchev–Trinajstić information content (AvgIpc) is 2.28. The number of carbonyl (C=O) groups excluding carboxylic acids is 1. The van der Waals surface area contributed by atoms with E-state index in [0.717, 1.165) is 5.92 Å². The molecule has 13 heavy (non-hydrogen) atoms. The fourth-order valence-electron chi connectivity index (χ4n) is 2.33. The molecule has 74 valence electrons. The molecule has 1 saturated heterocycles. The molecule has 2 nitrogen and oxygen atoms in total. The highest BCUT2D eigenvalue weighted by Gasteiger charge is 2.23. The van der Waals surface area contributed by atoms with Crippen LogP contribution in [-0.4, -0.2) is 23.5 Å². The number of amides is 1. The molecular formula is C10H17NOS. The summed E-state index contributed by atoms with van der Waals surface area (Å²) in [5, 5.41) is 3.13. The number of hydrogen-bond donors (Lipinski definition) is 1. The second kappa shape index (κ2) is 4.36. The van der Waals surface area contributed by atoms with E-state index in [2.05, 4.69) is 5.32 Å². The fourth-order valence-corrected chi connectivity index (χ4v) is 3.35. The topological polar surface area (TPSA) is 29.1 Å². The SMILES string of the molecule is O=C1CSCC2CCCCC(C2)N1. The quantitative estimate of drug-likeness (QED) is 0.644. The Morgan fingerprint density at radius 1 is 1.31 bits per heavy atom. The summed E-state index contributed by atoms with van der Waals surface area (Å²) in [6.45, 7) is 0. The van der Waals surface area contributed by atoms with E-state index in [9.17, 15) is 4.79 Å². The Balaban J connectivity index is 1.99. The van der Waals surface area contributed by atoms with Crippen molar-refractivity contribution in [3.8, 4) is 0 Å². The number of carbonyl (C=O) groups is 1. The van der Waals surface area contributed by atoms with Gasteiger partial charge in [0.05, 0.1) is 5.75 Å². The van der Waals surface area contributed by atoms with Gasteiger partial charge in [-0.3, -0.25) is 4.79 Å². The minimum Gasteiger partial charge on any atom is -0.353 e. The van der Waals surface area contributed by atoms with Gasteiger partial charge in [0.15, 0.2) is 0 Å². The van der Waals surface area contributed by atoms with E-state index in [1.807, 2.05) is 0 Å². The molecule has 1 aliphatic carbocycles. The maximum absolute atomic E-state index is 11.3. The summed E-state index contributed by atoms with van der Waals surface area (Å²) in [4.78, 5) is 11.3. The van der Waals surface area contributed by atoms with E-state index >= 15 is 0 Å². The molecule has 0 spiro atoms. The van der Waals surface area contributed by atoms with Gasteiger partial charge in [-0.2, -0.15) is 11.8 Å². The highest BCUT2D eigenvalue weighted by atomic mass is 32.2. The van der Waals surface area contributed by atoms with Crippen LogP contribution in [0.3, 0.4) is 0 Å². The van der Waals surface area contributed by atoms with Crippen LogP contribution in [0.4, 0.5) is 0 Å². The van der Waals surface area contributed by atoms with Gasteiger partial charge in [0.2, 0.25) is 5.91 Å².